The molecule has 0 radical (unpaired) electrons. The van der Waals surface area contributed by atoms with Crippen LogP contribution in [-0.2, 0) is 24.7 Å². The predicted molar refractivity (Wildman–Crippen MR) is 97.4 cm³/mol. The quantitative estimate of drug-likeness (QED) is 0.879. The Hall–Kier alpha value is -1.76. The van der Waals surface area contributed by atoms with Crippen LogP contribution in [0.3, 0.4) is 0 Å². The first-order valence-electron chi connectivity index (χ1n) is 9.14. The molecule has 1 saturated carbocycles. The number of imidazole rings is 2. The minimum Gasteiger partial charge on any atom is -0.353 e. The number of hydrogen-bond donors (Lipinski definition) is 2. The van der Waals surface area contributed by atoms with Crippen LogP contribution in [0.2, 0.25) is 0 Å². The number of rotatable bonds is 4. The number of aromatic amines is 1. The van der Waals surface area contributed by atoms with Crippen molar-refractivity contribution in [3.05, 3.63) is 30.1 Å². The number of aryl methyl sites for hydroxylation is 2. The topological polar surface area (TPSA) is 75.6 Å². The van der Waals surface area contributed by atoms with E-state index in [0.717, 1.165) is 61.5 Å². The third-order valence-electron chi connectivity index (χ3n) is 5.43. The van der Waals surface area contributed by atoms with Crippen molar-refractivity contribution in [1.29, 1.82) is 0 Å². The number of carbonyl (C=O) groups excluding carboxylic acids is 1. The fourth-order valence-corrected chi connectivity index (χ4v) is 5.04. The standard InChI is InChI=1S/C18H25N5OS/c1-23-9-8-19-18(23)25-14-5-3-13(4-6-14)22-17(24)12-2-7-15-16(10-12)21-11-20-15/h8-9,11-14H,2-7,10H2,1H3,(H,20,21)(H,22,24). The third kappa shape index (κ3) is 3.76. The molecular weight excluding hydrogens is 334 g/mol. The molecule has 1 amide bonds. The Kier molecular flexibility index (Phi) is 4.83. The Morgan fingerprint density at radius 2 is 2.12 bits per heavy atom. The molecule has 7 heteroatoms. The lowest BCUT2D eigenvalue weighted by Gasteiger charge is -2.30. The molecule has 0 aliphatic heterocycles. The fourth-order valence-electron chi connectivity index (χ4n) is 3.88. The number of H-pyrrole nitrogens is 1. The molecule has 0 aromatic carbocycles. The SMILES string of the molecule is Cn1ccnc1SC1CCC(NC(=O)C2CCc3nc[nH]c3C2)CC1. The summed E-state index contributed by atoms with van der Waals surface area (Å²) >= 11 is 1.87. The number of hydrogen-bond acceptors (Lipinski definition) is 4. The van der Waals surface area contributed by atoms with Gasteiger partial charge in [-0.1, -0.05) is 11.8 Å². The van der Waals surface area contributed by atoms with Gasteiger partial charge in [0.15, 0.2) is 5.16 Å². The highest BCUT2D eigenvalue weighted by atomic mass is 32.2. The Labute approximate surface area is 152 Å². The molecule has 2 aromatic rings. The third-order valence-corrected chi connectivity index (χ3v) is 6.84. The van der Waals surface area contributed by atoms with E-state index in [2.05, 4.69) is 24.8 Å². The zero-order valence-electron chi connectivity index (χ0n) is 14.6. The maximum atomic E-state index is 12.6. The summed E-state index contributed by atoms with van der Waals surface area (Å²) in [5.41, 5.74) is 2.28. The highest BCUT2D eigenvalue weighted by molar-refractivity contribution is 7.99. The van der Waals surface area contributed by atoms with Gasteiger partial charge in [-0.25, -0.2) is 9.97 Å². The van der Waals surface area contributed by atoms with Gasteiger partial charge in [-0.3, -0.25) is 4.79 Å². The van der Waals surface area contributed by atoms with Gasteiger partial charge in [0.1, 0.15) is 0 Å². The summed E-state index contributed by atoms with van der Waals surface area (Å²) < 4.78 is 2.07. The Morgan fingerprint density at radius 3 is 2.88 bits per heavy atom. The summed E-state index contributed by atoms with van der Waals surface area (Å²) in [6.07, 6.45) is 12.6. The zero-order valence-corrected chi connectivity index (χ0v) is 15.4. The van der Waals surface area contributed by atoms with E-state index in [1.54, 1.807) is 6.33 Å². The van der Waals surface area contributed by atoms with Crippen LogP contribution in [0.15, 0.2) is 23.9 Å². The minimum atomic E-state index is 0.0904. The van der Waals surface area contributed by atoms with Gasteiger partial charge in [-0.2, -0.15) is 0 Å². The summed E-state index contributed by atoms with van der Waals surface area (Å²) in [4.78, 5) is 24.5. The van der Waals surface area contributed by atoms with Gasteiger partial charge in [-0.05, 0) is 38.5 Å². The molecule has 1 unspecified atom stereocenters. The Bertz CT molecular complexity index is 731. The van der Waals surface area contributed by atoms with Crippen molar-refractivity contribution in [2.24, 2.45) is 13.0 Å². The summed E-state index contributed by atoms with van der Waals surface area (Å²) in [7, 11) is 2.04. The number of amides is 1. The Morgan fingerprint density at radius 1 is 1.28 bits per heavy atom. The van der Waals surface area contributed by atoms with Gasteiger partial charge in [0, 0.05) is 48.8 Å². The van der Waals surface area contributed by atoms with E-state index in [1.807, 2.05) is 31.2 Å². The number of thioether (sulfide) groups is 1. The van der Waals surface area contributed by atoms with Gasteiger partial charge in [0.25, 0.3) is 0 Å². The first kappa shape index (κ1) is 16.7. The van der Waals surface area contributed by atoms with Crippen LogP contribution in [0.1, 0.15) is 43.5 Å². The van der Waals surface area contributed by atoms with E-state index < -0.39 is 0 Å². The van der Waals surface area contributed by atoms with Crippen LogP contribution in [-0.4, -0.2) is 36.7 Å². The maximum absolute atomic E-state index is 12.6. The van der Waals surface area contributed by atoms with Crippen LogP contribution < -0.4 is 5.32 Å². The second kappa shape index (κ2) is 7.23. The lowest BCUT2D eigenvalue weighted by Crippen LogP contribution is -2.42. The number of fused-ring (bicyclic) bond motifs is 1. The van der Waals surface area contributed by atoms with Crippen LogP contribution in [0, 0.1) is 5.92 Å². The summed E-state index contributed by atoms with van der Waals surface area (Å²) in [6, 6.07) is 0.328. The average molecular weight is 359 g/mol. The Balaban J connectivity index is 1.25. The first-order chi connectivity index (χ1) is 12.2. The summed E-state index contributed by atoms with van der Waals surface area (Å²) in [5, 5.41) is 4.99. The summed E-state index contributed by atoms with van der Waals surface area (Å²) in [5.74, 6) is 0.313. The van der Waals surface area contributed by atoms with E-state index in [-0.39, 0.29) is 11.8 Å². The van der Waals surface area contributed by atoms with E-state index in [4.69, 9.17) is 0 Å². The van der Waals surface area contributed by atoms with Gasteiger partial charge < -0.3 is 14.9 Å². The lowest BCUT2D eigenvalue weighted by molar-refractivity contribution is -0.126. The largest absolute Gasteiger partial charge is 0.353 e. The van der Waals surface area contributed by atoms with Crippen LogP contribution in [0.25, 0.3) is 0 Å². The molecule has 1 atom stereocenters. The van der Waals surface area contributed by atoms with Crippen LogP contribution >= 0.6 is 11.8 Å². The van der Waals surface area contributed by atoms with Gasteiger partial charge in [-0.15, -0.1) is 0 Å². The molecule has 2 aromatic heterocycles. The van der Waals surface area contributed by atoms with Crippen molar-refractivity contribution in [3.63, 3.8) is 0 Å². The zero-order chi connectivity index (χ0) is 17.2. The van der Waals surface area contributed by atoms with E-state index in [0.29, 0.717) is 11.3 Å². The van der Waals surface area contributed by atoms with Crippen LogP contribution in [0.4, 0.5) is 0 Å². The number of carbonyl (C=O) groups is 1. The normalized spacial score (nSPS) is 26.2. The van der Waals surface area contributed by atoms with Crippen molar-refractivity contribution in [2.75, 3.05) is 0 Å². The molecule has 2 heterocycles. The molecule has 6 nitrogen and oxygen atoms in total. The molecule has 0 spiro atoms. The van der Waals surface area contributed by atoms with Crippen LogP contribution in [0.5, 0.6) is 0 Å². The molecule has 4 rings (SSSR count). The molecule has 1 fully saturated rings. The predicted octanol–water partition coefficient (Wildman–Crippen LogP) is 2.47. The smallest absolute Gasteiger partial charge is 0.223 e. The molecule has 134 valence electrons. The van der Waals surface area contributed by atoms with Crippen molar-refractivity contribution in [2.45, 2.75) is 61.4 Å². The van der Waals surface area contributed by atoms with E-state index >= 15 is 0 Å². The van der Waals surface area contributed by atoms with Gasteiger partial charge in [0.2, 0.25) is 5.91 Å². The second-order valence-electron chi connectivity index (χ2n) is 7.19. The van der Waals surface area contributed by atoms with Gasteiger partial charge in [0.05, 0.1) is 12.0 Å². The fraction of sp³-hybridized carbons (Fsp3) is 0.611. The van der Waals surface area contributed by atoms with E-state index in [1.165, 1.54) is 0 Å². The van der Waals surface area contributed by atoms with Crippen molar-refractivity contribution in [1.82, 2.24) is 24.8 Å². The molecule has 2 aliphatic carbocycles. The molecular formula is C18H25N5OS. The highest BCUT2D eigenvalue weighted by Gasteiger charge is 2.29. The first-order valence-corrected chi connectivity index (χ1v) is 10.0. The van der Waals surface area contributed by atoms with E-state index in [9.17, 15) is 4.79 Å². The minimum absolute atomic E-state index is 0.0904. The van der Waals surface area contributed by atoms with Crippen molar-refractivity contribution < 1.29 is 4.79 Å². The monoisotopic (exact) mass is 359 g/mol. The molecule has 2 aliphatic rings. The molecule has 25 heavy (non-hydrogen) atoms. The lowest BCUT2D eigenvalue weighted by atomic mass is 9.88. The number of aromatic nitrogens is 4. The van der Waals surface area contributed by atoms with Crippen molar-refractivity contribution in [3.8, 4) is 0 Å². The molecule has 0 bridgehead atoms. The number of nitrogens with one attached hydrogen (secondary N) is 2. The van der Waals surface area contributed by atoms with Crippen molar-refractivity contribution >= 4 is 17.7 Å². The number of nitrogens with zero attached hydrogens (tertiary/aromatic N) is 3. The highest BCUT2D eigenvalue weighted by Crippen LogP contribution is 2.33. The maximum Gasteiger partial charge on any atom is 0.223 e. The molecule has 2 N–H and O–H groups in total. The average Bonchev–Trinajstić information content (AvgIpc) is 3.25. The van der Waals surface area contributed by atoms with Gasteiger partial charge >= 0.3 is 0 Å². The molecule has 0 saturated heterocycles. The summed E-state index contributed by atoms with van der Waals surface area (Å²) in [6.45, 7) is 0. The second-order valence-corrected chi connectivity index (χ2v) is 8.46.